The molecule has 4 heteroatoms. The van der Waals surface area contributed by atoms with E-state index in [4.69, 9.17) is 5.11 Å². The van der Waals surface area contributed by atoms with E-state index in [9.17, 15) is 4.79 Å². The summed E-state index contributed by atoms with van der Waals surface area (Å²) in [5.74, 6) is 0. The van der Waals surface area contributed by atoms with E-state index < -0.39 is 0 Å². The standard InChI is InChI=1S/C14H18N2O2/c1-9-3-4-11-7-12(8-15-5-6-17)14(18)16-13(11)10(9)2/h3-4,7,15,17H,5-6,8H2,1-2H3,(H,16,18). The van der Waals surface area contributed by atoms with Crippen LogP contribution in [-0.2, 0) is 6.54 Å². The van der Waals surface area contributed by atoms with Crippen LogP contribution in [0.3, 0.4) is 0 Å². The molecule has 0 spiro atoms. The first kappa shape index (κ1) is 12.8. The topological polar surface area (TPSA) is 65.1 Å². The van der Waals surface area contributed by atoms with Gasteiger partial charge in [0.15, 0.2) is 0 Å². The summed E-state index contributed by atoms with van der Waals surface area (Å²) in [6.07, 6.45) is 0. The number of hydrogen-bond acceptors (Lipinski definition) is 3. The summed E-state index contributed by atoms with van der Waals surface area (Å²) < 4.78 is 0. The number of pyridine rings is 1. The van der Waals surface area contributed by atoms with Crippen molar-refractivity contribution in [2.75, 3.05) is 13.2 Å². The molecule has 4 nitrogen and oxygen atoms in total. The second kappa shape index (κ2) is 5.33. The minimum absolute atomic E-state index is 0.0679. The normalized spacial score (nSPS) is 11.1. The van der Waals surface area contributed by atoms with Crippen molar-refractivity contribution in [3.63, 3.8) is 0 Å². The maximum absolute atomic E-state index is 11.9. The van der Waals surface area contributed by atoms with E-state index >= 15 is 0 Å². The largest absolute Gasteiger partial charge is 0.395 e. The summed E-state index contributed by atoms with van der Waals surface area (Å²) >= 11 is 0. The number of aromatic nitrogens is 1. The molecule has 0 unspecified atom stereocenters. The number of aromatic amines is 1. The van der Waals surface area contributed by atoms with E-state index in [1.54, 1.807) is 0 Å². The smallest absolute Gasteiger partial charge is 0.252 e. The average Bonchev–Trinajstić information content (AvgIpc) is 2.36. The number of aryl methyl sites for hydroxylation is 2. The summed E-state index contributed by atoms with van der Waals surface area (Å²) in [5, 5.41) is 12.8. The molecule has 2 aromatic rings. The molecule has 96 valence electrons. The molecule has 0 atom stereocenters. The van der Waals surface area contributed by atoms with E-state index in [-0.39, 0.29) is 12.2 Å². The van der Waals surface area contributed by atoms with Gasteiger partial charge in [-0.25, -0.2) is 0 Å². The lowest BCUT2D eigenvalue weighted by Crippen LogP contribution is -2.23. The third-order valence-electron chi connectivity index (χ3n) is 3.23. The Labute approximate surface area is 106 Å². The van der Waals surface area contributed by atoms with Crippen LogP contribution >= 0.6 is 0 Å². The molecule has 0 saturated heterocycles. The summed E-state index contributed by atoms with van der Waals surface area (Å²) in [6.45, 7) is 5.08. The van der Waals surface area contributed by atoms with Gasteiger partial charge >= 0.3 is 0 Å². The molecule has 1 aromatic carbocycles. The van der Waals surface area contributed by atoms with Gasteiger partial charge in [0.05, 0.1) is 12.1 Å². The zero-order chi connectivity index (χ0) is 13.1. The van der Waals surface area contributed by atoms with Crippen LogP contribution in [0.25, 0.3) is 10.9 Å². The second-order valence-electron chi connectivity index (χ2n) is 4.50. The van der Waals surface area contributed by atoms with Crippen LogP contribution in [0.2, 0.25) is 0 Å². The van der Waals surface area contributed by atoms with Gasteiger partial charge in [-0.1, -0.05) is 12.1 Å². The molecule has 0 aliphatic carbocycles. The molecule has 0 amide bonds. The minimum Gasteiger partial charge on any atom is -0.395 e. The fourth-order valence-electron chi connectivity index (χ4n) is 2.00. The van der Waals surface area contributed by atoms with Crippen molar-refractivity contribution in [2.45, 2.75) is 20.4 Å². The van der Waals surface area contributed by atoms with Crippen LogP contribution in [0.15, 0.2) is 23.0 Å². The molecule has 0 aliphatic heterocycles. The highest BCUT2D eigenvalue weighted by atomic mass is 16.3. The maximum atomic E-state index is 11.9. The zero-order valence-corrected chi connectivity index (χ0v) is 10.7. The van der Waals surface area contributed by atoms with E-state index in [1.807, 2.05) is 26.0 Å². The van der Waals surface area contributed by atoms with E-state index in [2.05, 4.69) is 16.4 Å². The molecule has 0 bridgehead atoms. The predicted octanol–water partition coefficient (Wildman–Crippen LogP) is 1.23. The third-order valence-corrected chi connectivity index (χ3v) is 3.23. The van der Waals surface area contributed by atoms with Gasteiger partial charge in [-0.2, -0.15) is 0 Å². The quantitative estimate of drug-likeness (QED) is 0.711. The van der Waals surface area contributed by atoms with Crippen molar-refractivity contribution in [2.24, 2.45) is 0 Å². The molecule has 3 N–H and O–H groups in total. The first-order valence-electron chi connectivity index (χ1n) is 6.07. The Bertz CT molecular complexity index is 617. The Kier molecular flexibility index (Phi) is 3.79. The number of hydrogen-bond donors (Lipinski definition) is 3. The number of nitrogens with one attached hydrogen (secondary N) is 2. The first-order chi connectivity index (χ1) is 8.63. The fraction of sp³-hybridized carbons (Fsp3) is 0.357. The predicted molar refractivity (Wildman–Crippen MR) is 72.8 cm³/mol. The SMILES string of the molecule is Cc1ccc2cc(CNCCO)c(=O)[nH]c2c1C. The second-order valence-corrected chi connectivity index (χ2v) is 4.50. The van der Waals surface area contributed by atoms with Gasteiger partial charge in [-0.05, 0) is 36.4 Å². The van der Waals surface area contributed by atoms with Gasteiger partial charge in [-0.15, -0.1) is 0 Å². The third kappa shape index (κ3) is 2.44. The summed E-state index contributed by atoms with van der Waals surface area (Å²) in [5.41, 5.74) is 3.82. The average molecular weight is 246 g/mol. The number of fused-ring (bicyclic) bond motifs is 1. The number of benzene rings is 1. The Morgan fingerprint density at radius 1 is 1.33 bits per heavy atom. The number of H-pyrrole nitrogens is 1. The first-order valence-corrected chi connectivity index (χ1v) is 6.07. The molecule has 0 radical (unpaired) electrons. The highest BCUT2D eigenvalue weighted by molar-refractivity contribution is 5.83. The van der Waals surface area contributed by atoms with Crippen molar-refractivity contribution in [3.8, 4) is 0 Å². The highest BCUT2D eigenvalue weighted by Crippen LogP contribution is 2.18. The fourth-order valence-corrected chi connectivity index (χ4v) is 2.00. The van der Waals surface area contributed by atoms with Gasteiger partial charge in [-0.3, -0.25) is 4.79 Å². The number of aliphatic hydroxyl groups is 1. The van der Waals surface area contributed by atoms with Crippen LogP contribution in [-0.4, -0.2) is 23.2 Å². The Hall–Kier alpha value is -1.65. The monoisotopic (exact) mass is 246 g/mol. The van der Waals surface area contributed by atoms with Crippen LogP contribution < -0.4 is 10.9 Å². The molecule has 2 rings (SSSR count). The zero-order valence-electron chi connectivity index (χ0n) is 10.7. The van der Waals surface area contributed by atoms with Crippen molar-refractivity contribution < 1.29 is 5.11 Å². The van der Waals surface area contributed by atoms with Gasteiger partial charge < -0.3 is 15.4 Å². The Balaban J connectivity index is 2.43. The van der Waals surface area contributed by atoms with Crippen LogP contribution in [0, 0.1) is 13.8 Å². The Morgan fingerprint density at radius 2 is 2.11 bits per heavy atom. The van der Waals surface area contributed by atoms with E-state index in [0.717, 1.165) is 16.5 Å². The molecule has 0 aliphatic rings. The van der Waals surface area contributed by atoms with Crippen molar-refractivity contribution >= 4 is 10.9 Å². The van der Waals surface area contributed by atoms with Gasteiger partial charge in [0.2, 0.25) is 0 Å². The summed E-state index contributed by atoms with van der Waals surface area (Å²) in [7, 11) is 0. The van der Waals surface area contributed by atoms with Crippen molar-refractivity contribution in [1.82, 2.24) is 10.3 Å². The molecular formula is C14H18N2O2. The molecule has 1 aromatic heterocycles. The number of rotatable bonds is 4. The van der Waals surface area contributed by atoms with Gasteiger partial charge in [0.1, 0.15) is 0 Å². The highest BCUT2D eigenvalue weighted by Gasteiger charge is 2.05. The number of aliphatic hydroxyl groups excluding tert-OH is 1. The minimum atomic E-state index is -0.0679. The maximum Gasteiger partial charge on any atom is 0.252 e. The molecular weight excluding hydrogens is 228 g/mol. The van der Waals surface area contributed by atoms with Gasteiger partial charge in [0, 0.05) is 18.7 Å². The summed E-state index contributed by atoms with van der Waals surface area (Å²) in [4.78, 5) is 14.9. The lowest BCUT2D eigenvalue weighted by atomic mass is 10.0. The van der Waals surface area contributed by atoms with E-state index in [1.165, 1.54) is 5.56 Å². The molecule has 0 fully saturated rings. The van der Waals surface area contributed by atoms with Crippen LogP contribution in [0.1, 0.15) is 16.7 Å². The van der Waals surface area contributed by atoms with E-state index in [0.29, 0.717) is 18.7 Å². The van der Waals surface area contributed by atoms with Crippen molar-refractivity contribution in [3.05, 3.63) is 45.2 Å². The molecule has 1 heterocycles. The summed E-state index contributed by atoms with van der Waals surface area (Å²) in [6, 6.07) is 5.98. The van der Waals surface area contributed by atoms with Crippen LogP contribution in [0.4, 0.5) is 0 Å². The van der Waals surface area contributed by atoms with Crippen LogP contribution in [0.5, 0.6) is 0 Å². The molecule has 0 saturated carbocycles. The van der Waals surface area contributed by atoms with Gasteiger partial charge in [0.25, 0.3) is 5.56 Å². The lowest BCUT2D eigenvalue weighted by molar-refractivity contribution is 0.292. The lowest BCUT2D eigenvalue weighted by Gasteiger charge is -2.08. The molecule has 18 heavy (non-hydrogen) atoms. The Morgan fingerprint density at radius 3 is 2.83 bits per heavy atom. The van der Waals surface area contributed by atoms with Crippen molar-refractivity contribution in [1.29, 1.82) is 0 Å².